The number of anilines is 2. The average Bonchev–Trinajstić information content (AvgIpc) is 2.76. The normalized spacial score (nSPS) is 20.2. The Kier molecular flexibility index (Phi) is 3.79. The maximum Gasteiger partial charge on any atom is 0.0598 e. The topological polar surface area (TPSA) is 41.3 Å². The van der Waals surface area contributed by atoms with Crippen molar-refractivity contribution in [2.24, 2.45) is 5.73 Å². The number of nitrogens with two attached hydrogens (primary N) is 1. The van der Waals surface area contributed by atoms with Gasteiger partial charge in [0.05, 0.1) is 17.4 Å². The van der Waals surface area contributed by atoms with Gasteiger partial charge in [0.25, 0.3) is 0 Å². The standard InChI is InChI=1S/C17H20ClN3/c1-21(2)17-8-7-11(18)9-16(17)20-15-10-14(19)12-5-3-4-6-13(12)15/h3-9,14-15,20H,10,19H2,1-2H3. The summed E-state index contributed by atoms with van der Waals surface area (Å²) in [7, 11) is 4.06. The van der Waals surface area contributed by atoms with Crippen LogP contribution in [-0.2, 0) is 0 Å². The maximum absolute atomic E-state index is 6.24. The third-order valence-electron chi connectivity index (χ3n) is 4.03. The smallest absolute Gasteiger partial charge is 0.0598 e. The first-order valence-corrected chi connectivity index (χ1v) is 7.52. The molecule has 3 rings (SSSR count). The number of benzene rings is 2. The van der Waals surface area contributed by atoms with Crippen molar-refractivity contribution in [1.29, 1.82) is 0 Å². The van der Waals surface area contributed by atoms with Crippen molar-refractivity contribution < 1.29 is 0 Å². The fourth-order valence-electron chi connectivity index (χ4n) is 3.01. The number of fused-ring (bicyclic) bond motifs is 1. The molecule has 0 spiro atoms. The van der Waals surface area contributed by atoms with Gasteiger partial charge in [-0.15, -0.1) is 0 Å². The lowest BCUT2D eigenvalue weighted by molar-refractivity contribution is 0.648. The van der Waals surface area contributed by atoms with Crippen molar-refractivity contribution in [3.8, 4) is 0 Å². The quantitative estimate of drug-likeness (QED) is 0.901. The highest BCUT2D eigenvalue weighted by atomic mass is 35.5. The Morgan fingerprint density at radius 2 is 1.86 bits per heavy atom. The molecule has 0 bridgehead atoms. The van der Waals surface area contributed by atoms with E-state index in [1.165, 1.54) is 11.1 Å². The second-order valence-electron chi connectivity index (χ2n) is 5.72. The zero-order valence-corrected chi connectivity index (χ0v) is 13.1. The molecule has 0 saturated heterocycles. The number of nitrogens with zero attached hydrogens (tertiary/aromatic N) is 1. The van der Waals surface area contributed by atoms with Crippen LogP contribution in [0.25, 0.3) is 0 Å². The average molecular weight is 302 g/mol. The summed E-state index contributed by atoms with van der Waals surface area (Å²) in [6, 6.07) is 14.6. The molecule has 0 radical (unpaired) electrons. The van der Waals surface area contributed by atoms with Crippen molar-refractivity contribution in [2.75, 3.05) is 24.3 Å². The zero-order valence-electron chi connectivity index (χ0n) is 12.3. The monoisotopic (exact) mass is 301 g/mol. The summed E-state index contributed by atoms with van der Waals surface area (Å²) >= 11 is 6.15. The molecule has 110 valence electrons. The van der Waals surface area contributed by atoms with Crippen molar-refractivity contribution in [1.82, 2.24) is 0 Å². The minimum Gasteiger partial charge on any atom is -0.376 e. The number of rotatable bonds is 3. The first kappa shape index (κ1) is 14.2. The molecule has 0 saturated carbocycles. The Morgan fingerprint density at radius 1 is 1.14 bits per heavy atom. The van der Waals surface area contributed by atoms with Gasteiger partial charge in [-0.2, -0.15) is 0 Å². The van der Waals surface area contributed by atoms with Gasteiger partial charge < -0.3 is 16.0 Å². The molecule has 2 atom stereocenters. The summed E-state index contributed by atoms with van der Waals surface area (Å²) in [5.74, 6) is 0. The second-order valence-corrected chi connectivity index (χ2v) is 6.16. The summed E-state index contributed by atoms with van der Waals surface area (Å²) < 4.78 is 0. The van der Waals surface area contributed by atoms with Crippen LogP contribution in [0.5, 0.6) is 0 Å². The molecule has 21 heavy (non-hydrogen) atoms. The van der Waals surface area contributed by atoms with Crippen LogP contribution >= 0.6 is 11.6 Å². The van der Waals surface area contributed by atoms with Gasteiger partial charge in [0.2, 0.25) is 0 Å². The molecule has 2 aromatic carbocycles. The first-order valence-electron chi connectivity index (χ1n) is 7.14. The molecule has 0 aliphatic heterocycles. The predicted molar refractivity (Wildman–Crippen MR) is 90.1 cm³/mol. The summed E-state index contributed by atoms with van der Waals surface area (Å²) in [5, 5.41) is 4.35. The molecular formula is C17H20ClN3. The van der Waals surface area contributed by atoms with Gasteiger partial charge in [-0.25, -0.2) is 0 Å². The lowest BCUT2D eigenvalue weighted by Crippen LogP contribution is -2.15. The molecule has 3 N–H and O–H groups in total. The molecule has 4 heteroatoms. The minimum atomic E-state index is 0.0979. The Morgan fingerprint density at radius 3 is 2.57 bits per heavy atom. The highest BCUT2D eigenvalue weighted by Crippen LogP contribution is 2.41. The predicted octanol–water partition coefficient (Wildman–Crippen LogP) is 3.96. The van der Waals surface area contributed by atoms with Crippen LogP contribution < -0.4 is 16.0 Å². The van der Waals surface area contributed by atoms with Crippen LogP contribution in [-0.4, -0.2) is 14.1 Å². The van der Waals surface area contributed by atoms with Gasteiger partial charge in [0.15, 0.2) is 0 Å². The maximum atomic E-state index is 6.24. The molecule has 2 unspecified atom stereocenters. The summed E-state index contributed by atoms with van der Waals surface area (Å²) in [6.07, 6.45) is 0.902. The Bertz CT molecular complexity index is 654. The van der Waals surface area contributed by atoms with Crippen LogP contribution in [0.2, 0.25) is 5.02 Å². The second kappa shape index (κ2) is 5.58. The third kappa shape index (κ3) is 2.71. The van der Waals surface area contributed by atoms with E-state index < -0.39 is 0 Å². The van der Waals surface area contributed by atoms with E-state index in [-0.39, 0.29) is 12.1 Å². The minimum absolute atomic E-state index is 0.0979. The van der Waals surface area contributed by atoms with Crippen molar-refractivity contribution >= 4 is 23.0 Å². The summed E-state index contributed by atoms with van der Waals surface area (Å²) in [4.78, 5) is 2.08. The van der Waals surface area contributed by atoms with E-state index in [2.05, 4.69) is 28.4 Å². The van der Waals surface area contributed by atoms with Crippen LogP contribution in [0.15, 0.2) is 42.5 Å². The number of hydrogen-bond acceptors (Lipinski definition) is 3. The van der Waals surface area contributed by atoms with Gasteiger partial charge in [-0.05, 0) is 35.7 Å². The van der Waals surface area contributed by atoms with E-state index >= 15 is 0 Å². The van der Waals surface area contributed by atoms with E-state index in [0.29, 0.717) is 0 Å². The molecule has 2 aromatic rings. The van der Waals surface area contributed by atoms with E-state index in [9.17, 15) is 0 Å². The molecule has 0 amide bonds. The number of hydrogen-bond donors (Lipinski definition) is 2. The fraction of sp³-hybridized carbons (Fsp3) is 0.294. The summed E-state index contributed by atoms with van der Waals surface area (Å²) in [6.45, 7) is 0. The van der Waals surface area contributed by atoms with E-state index in [1.807, 2.05) is 38.4 Å². The largest absolute Gasteiger partial charge is 0.376 e. The van der Waals surface area contributed by atoms with Gasteiger partial charge in [-0.3, -0.25) is 0 Å². The molecule has 1 aliphatic carbocycles. The molecular weight excluding hydrogens is 282 g/mol. The van der Waals surface area contributed by atoms with Crippen LogP contribution in [0.3, 0.4) is 0 Å². The first-order chi connectivity index (χ1) is 10.1. The Labute approximate surface area is 130 Å². The lowest BCUT2D eigenvalue weighted by atomic mass is 10.1. The zero-order chi connectivity index (χ0) is 15.0. The van der Waals surface area contributed by atoms with Gasteiger partial charge in [0, 0.05) is 25.2 Å². The summed E-state index contributed by atoms with van der Waals surface area (Å²) in [5.41, 5.74) is 10.9. The highest BCUT2D eigenvalue weighted by molar-refractivity contribution is 6.31. The molecule has 3 nitrogen and oxygen atoms in total. The van der Waals surface area contributed by atoms with Crippen molar-refractivity contribution in [3.05, 3.63) is 58.6 Å². The van der Waals surface area contributed by atoms with Gasteiger partial charge in [0.1, 0.15) is 0 Å². The molecule has 0 aromatic heterocycles. The number of nitrogens with one attached hydrogen (secondary N) is 1. The molecule has 1 aliphatic rings. The number of halogens is 1. The van der Waals surface area contributed by atoms with Crippen LogP contribution in [0, 0.1) is 0 Å². The van der Waals surface area contributed by atoms with Crippen LogP contribution in [0.1, 0.15) is 29.6 Å². The van der Waals surface area contributed by atoms with Crippen molar-refractivity contribution in [3.63, 3.8) is 0 Å². The van der Waals surface area contributed by atoms with E-state index in [4.69, 9.17) is 17.3 Å². The molecule has 0 fully saturated rings. The van der Waals surface area contributed by atoms with E-state index in [0.717, 1.165) is 22.8 Å². The SMILES string of the molecule is CN(C)c1ccc(Cl)cc1NC1CC(N)c2ccccc21. The van der Waals surface area contributed by atoms with Crippen LogP contribution in [0.4, 0.5) is 11.4 Å². The fourth-order valence-corrected chi connectivity index (χ4v) is 3.18. The third-order valence-corrected chi connectivity index (χ3v) is 4.27. The lowest BCUT2D eigenvalue weighted by Gasteiger charge is -2.22. The van der Waals surface area contributed by atoms with E-state index in [1.54, 1.807) is 0 Å². The molecule has 0 heterocycles. The Hall–Kier alpha value is -1.71. The van der Waals surface area contributed by atoms with Gasteiger partial charge >= 0.3 is 0 Å². The highest BCUT2D eigenvalue weighted by Gasteiger charge is 2.28. The van der Waals surface area contributed by atoms with Gasteiger partial charge in [-0.1, -0.05) is 35.9 Å². The van der Waals surface area contributed by atoms with Crippen molar-refractivity contribution in [2.45, 2.75) is 18.5 Å². The Balaban J connectivity index is 1.93.